The Balaban J connectivity index is 1.42. The van der Waals surface area contributed by atoms with Gasteiger partial charge in [0.2, 0.25) is 0 Å². The molecule has 1 aliphatic heterocycles. The van der Waals surface area contributed by atoms with Crippen LogP contribution in [-0.4, -0.2) is 50.4 Å². The third kappa shape index (κ3) is 3.24. The number of hydrogen-bond donors (Lipinski definition) is 2. The van der Waals surface area contributed by atoms with Gasteiger partial charge in [0.15, 0.2) is 0 Å². The van der Waals surface area contributed by atoms with Crippen molar-refractivity contribution in [2.45, 2.75) is 39.0 Å². The van der Waals surface area contributed by atoms with Crippen LogP contribution in [0.3, 0.4) is 0 Å². The van der Waals surface area contributed by atoms with Crippen LogP contribution >= 0.6 is 11.3 Å². The Morgan fingerprint density at radius 3 is 3.04 bits per heavy atom. The van der Waals surface area contributed by atoms with Gasteiger partial charge in [0, 0.05) is 25.2 Å². The van der Waals surface area contributed by atoms with Gasteiger partial charge in [-0.1, -0.05) is 5.16 Å². The van der Waals surface area contributed by atoms with Gasteiger partial charge in [-0.25, -0.2) is 9.97 Å². The predicted molar refractivity (Wildman–Crippen MR) is 96.7 cm³/mol. The highest BCUT2D eigenvalue weighted by molar-refractivity contribution is 7.17. The van der Waals surface area contributed by atoms with Gasteiger partial charge in [0.1, 0.15) is 17.9 Å². The van der Waals surface area contributed by atoms with E-state index in [1.807, 2.05) is 25.3 Å². The first kappa shape index (κ1) is 16.4. The summed E-state index contributed by atoms with van der Waals surface area (Å²) in [5, 5.41) is 20.0. The minimum Gasteiger partial charge on any atom is -0.390 e. The molecule has 0 aliphatic carbocycles. The number of anilines is 1. The van der Waals surface area contributed by atoms with Crippen molar-refractivity contribution < 1.29 is 9.63 Å². The monoisotopic (exact) mass is 359 g/mol. The van der Waals surface area contributed by atoms with E-state index in [9.17, 15) is 5.11 Å². The number of thiophene rings is 1. The van der Waals surface area contributed by atoms with Gasteiger partial charge < -0.3 is 14.9 Å². The number of aryl methyl sites for hydroxylation is 2. The molecular formula is C17H21N5O2S. The van der Waals surface area contributed by atoms with Crippen molar-refractivity contribution in [3.05, 3.63) is 34.8 Å². The second kappa shape index (κ2) is 6.70. The topological polar surface area (TPSA) is 87.3 Å². The summed E-state index contributed by atoms with van der Waals surface area (Å²) in [5.74, 6) is 1.66. The van der Waals surface area contributed by atoms with E-state index in [4.69, 9.17) is 4.52 Å². The van der Waals surface area contributed by atoms with Crippen molar-refractivity contribution >= 4 is 27.4 Å². The number of likely N-dealkylation sites (tertiary alicyclic amines) is 1. The number of hydrogen-bond acceptors (Lipinski definition) is 8. The molecule has 4 heterocycles. The zero-order valence-corrected chi connectivity index (χ0v) is 15.1. The third-order valence-electron chi connectivity index (χ3n) is 4.79. The molecule has 0 radical (unpaired) electrons. The fourth-order valence-electron chi connectivity index (χ4n) is 3.33. The summed E-state index contributed by atoms with van der Waals surface area (Å²) in [6.07, 6.45) is 1.96. The van der Waals surface area contributed by atoms with Crippen LogP contribution in [0.15, 0.2) is 22.3 Å². The van der Waals surface area contributed by atoms with Crippen LogP contribution in [-0.2, 0) is 6.54 Å². The Bertz CT molecular complexity index is 857. The molecule has 132 valence electrons. The number of aromatic nitrogens is 3. The molecule has 0 spiro atoms. The van der Waals surface area contributed by atoms with Gasteiger partial charge in [-0.2, -0.15) is 0 Å². The van der Waals surface area contributed by atoms with Crippen LogP contribution in [0.4, 0.5) is 5.82 Å². The normalized spacial score (nSPS) is 21.7. The van der Waals surface area contributed by atoms with Gasteiger partial charge >= 0.3 is 0 Å². The molecule has 3 aromatic rings. The first-order valence-corrected chi connectivity index (χ1v) is 9.26. The van der Waals surface area contributed by atoms with Crippen LogP contribution in [0.2, 0.25) is 0 Å². The standard InChI is InChI=1S/C17H21N5O2S/c1-10-12(11(2)24-21-10)7-22-5-3-13(15(23)8-22)20-17-16-14(4-6-25-16)18-9-19-17/h4,6,9,13,15,23H,3,5,7-8H2,1-2H3,(H,18,19,20)/t13-,15-/m1/s1. The van der Waals surface area contributed by atoms with E-state index in [0.29, 0.717) is 6.54 Å². The number of piperidine rings is 1. The maximum Gasteiger partial charge on any atom is 0.147 e. The van der Waals surface area contributed by atoms with Gasteiger partial charge in [-0.05, 0) is 31.7 Å². The largest absolute Gasteiger partial charge is 0.390 e. The molecular weight excluding hydrogens is 338 g/mol. The Kier molecular flexibility index (Phi) is 4.41. The third-order valence-corrected chi connectivity index (χ3v) is 5.70. The number of β-amino-alcohol motifs (C(OH)–C–C–N with tert-alkyl or cyclic N) is 1. The molecule has 0 unspecified atom stereocenters. The summed E-state index contributed by atoms with van der Waals surface area (Å²) in [4.78, 5) is 10.9. The van der Waals surface area contributed by atoms with E-state index >= 15 is 0 Å². The van der Waals surface area contributed by atoms with E-state index < -0.39 is 6.10 Å². The van der Waals surface area contributed by atoms with Crippen LogP contribution in [0.1, 0.15) is 23.4 Å². The van der Waals surface area contributed by atoms with Crippen molar-refractivity contribution in [1.82, 2.24) is 20.0 Å². The lowest BCUT2D eigenvalue weighted by Crippen LogP contribution is -2.49. The Morgan fingerprint density at radius 2 is 2.28 bits per heavy atom. The summed E-state index contributed by atoms with van der Waals surface area (Å²) in [6, 6.07) is 1.97. The maximum absolute atomic E-state index is 10.6. The van der Waals surface area contributed by atoms with Gasteiger partial charge in [-0.15, -0.1) is 11.3 Å². The minimum absolute atomic E-state index is 0.0129. The summed E-state index contributed by atoms with van der Waals surface area (Å²) < 4.78 is 6.27. The number of rotatable bonds is 4. The smallest absolute Gasteiger partial charge is 0.147 e. The minimum atomic E-state index is -0.459. The lowest BCUT2D eigenvalue weighted by Gasteiger charge is -2.36. The van der Waals surface area contributed by atoms with Crippen molar-refractivity contribution in [3.8, 4) is 0 Å². The molecule has 8 heteroatoms. The van der Waals surface area contributed by atoms with E-state index in [0.717, 1.165) is 52.6 Å². The molecule has 7 nitrogen and oxygen atoms in total. The Hall–Kier alpha value is -2.03. The molecule has 0 saturated carbocycles. The highest BCUT2D eigenvalue weighted by Crippen LogP contribution is 2.27. The average molecular weight is 359 g/mol. The molecule has 3 aromatic heterocycles. The first-order chi connectivity index (χ1) is 12.1. The summed E-state index contributed by atoms with van der Waals surface area (Å²) in [6.45, 7) is 6.16. The molecule has 4 rings (SSSR count). The van der Waals surface area contributed by atoms with E-state index in [2.05, 4.69) is 25.3 Å². The molecule has 1 saturated heterocycles. The molecule has 0 aromatic carbocycles. The van der Waals surface area contributed by atoms with Crippen molar-refractivity contribution in [2.24, 2.45) is 0 Å². The highest BCUT2D eigenvalue weighted by atomic mass is 32.1. The molecule has 25 heavy (non-hydrogen) atoms. The molecule has 0 bridgehead atoms. The van der Waals surface area contributed by atoms with Crippen LogP contribution < -0.4 is 5.32 Å². The van der Waals surface area contributed by atoms with Crippen molar-refractivity contribution in [2.75, 3.05) is 18.4 Å². The second-order valence-corrected chi connectivity index (χ2v) is 7.42. The molecule has 0 amide bonds. The van der Waals surface area contributed by atoms with Crippen LogP contribution in [0.5, 0.6) is 0 Å². The van der Waals surface area contributed by atoms with Gasteiger partial charge in [0.05, 0.1) is 28.1 Å². The first-order valence-electron chi connectivity index (χ1n) is 8.38. The SMILES string of the molecule is Cc1noc(C)c1CN1CC[C@@H](Nc2ncnc3ccsc23)[C@H](O)C1. The predicted octanol–water partition coefficient (Wildman–Crippen LogP) is 2.34. The van der Waals surface area contributed by atoms with E-state index in [1.165, 1.54) is 0 Å². The number of nitrogens with one attached hydrogen (secondary N) is 1. The molecule has 2 N–H and O–H groups in total. The number of fused-ring (bicyclic) bond motifs is 1. The lowest BCUT2D eigenvalue weighted by atomic mass is 10.0. The molecule has 1 aliphatic rings. The summed E-state index contributed by atoms with van der Waals surface area (Å²) in [7, 11) is 0. The average Bonchev–Trinajstić information content (AvgIpc) is 3.20. The maximum atomic E-state index is 10.6. The van der Waals surface area contributed by atoms with Gasteiger partial charge in [0.25, 0.3) is 0 Å². The fourth-order valence-corrected chi connectivity index (χ4v) is 4.13. The highest BCUT2D eigenvalue weighted by Gasteiger charge is 2.29. The second-order valence-electron chi connectivity index (χ2n) is 6.50. The van der Waals surface area contributed by atoms with E-state index in [1.54, 1.807) is 17.7 Å². The Labute approximate surface area is 149 Å². The molecule has 2 atom stereocenters. The zero-order valence-electron chi connectivity index (χ0n) is 14.3. The number of aliphatic hydroxyl groups is 1. The van der Waals surface area contributed by atoms with Crippen LogP contribution in [0.25, 0.3) is 10.2 Å². The van der Waals surface area contributed by atoms with Crippen molar-refractivity contribution in [3.63, 3.8) is 0 Å². The summed E-state index contributed by atoms with van der Waals surface area (Å²) in [5.41, 5.74) is 2.98. The number of nitrogens with zero attached hydrogens (tertiary/aromatic N) is 4. The quantitative estimate of drug-likeness (QED) is 0.739. The zero-order chi connectivity index (χ0) is 17.4. The van der Waals surface area contributed by atoms with Crippen LogP contribution in [0, 0.1) is 13.8 Å². The van der Waals surface area contributed by atoms with E-state index in [-0.39, 0.29) is 6.04 Å². The van der Waals surface area contributed by atoms with Gasteiger partial charge in [-0.3, -0.25) is 4.90 Å². The number of aliphatic hydroxyl groups excluding tert-OH is 1. The summed E-state index contributed by atoms with van der Waals surface area (Å²) >= 11 is 1.61. The molecule has 1 fully saturated rings. The lowest BCUT2D eigenvalue weighted by molar-refractivity contribution is 0.0558. The Morgan fingerprint density at radius 1 is 1.40 bits per heavy atom. The fraction of sp³-hybridized carbons (Fsp3) is 0.471. The van der Waals surface area contributed by atoms with Crippen molar-refractivity contribution in [1.29, 1.82) is 0 Å².